The Hall–Kier alpha value is -3.75. The number of benzene rings is 2. The summed E-state index contributed by atoms with van der Waals surface area (Å²) in [5.74, 6) is -1.03. The van der Waals surface area contributed by atoms with E-state index < -0.39 is 4.92 Å². The second kappa shape index (κ2) is 8.41. The van der Waals surface area contributed by atoms with Gasteiger partial charge in [0.1, 0.15) is 5.69 Å². The van der Waals surface area contributed by atoms with Crippen molar-refractivity contribution in [3.05, 3.63) is 52.6 Å². The molecule has 1 saturated heterocycles. The van der Waals surface area contributed by atoms with Crippen LogP contribution in [0.15, 0.2) is 42.5 Å². The number of hydrogen-bond acceptors (Lipinski definition) is 6. The largest absolute Gasteiger partial charge is 0.350 e. The number of anilines is 4. The molecule has 3 amide bonds. The SMILES string of the molecule is CC(=O)Nc1ccc(Nc2ccc(N3C(=O)[C@@H]4CC[C@@H](C)C[C@H]4C3=O)cc2[N+](=O)[O-])cc1. The van der Waals surface area contributed by atoms with E-state index in [9.17, 15) is 24.5 Å². The lowest BCUT2D eigenvalue weighted by Gasteiger charge is -2.25. The van der Waals surface area contributed by atoms with E-state index in [0.717, 1.165) is 11.3 Å². The number of hydrogen-bond donors (Lipinski definition) is 2. The van der Waals surface area contributed by atoms with Gasteiger partial charge in [-0.05, 0) is 61.6 Å². The molecule has 1 aliphatic carbocycles. The number of nitrogens with zero attached hydrogens (tertiary/aromatic N) is 2. The van der Waals surface area contributed by atoms with Crippen LogP contribution in [-0.2, 0) is 14.4 Å². The third-order valence-corrected chi connectivity index (χ3v) is 6.11. The summed E-state index contributed by atoms with van der Waals surface area (Å²) in [6.07, 6.45) is 2.24. The molecule has 0 aromatic heterocycles. The van der Waals surface area contributed by atoms with Gasteiger partial charge in [-0.25, -0.2) is 4.90 Å². The number of rotatable bonds is 5. The minimum absolute atomic E-state index is 0.197. The van der Waals surface area contributed by atoms with Crippen LogP contribution in [0.2, 0.25) is 0 Å². The first kappa shape index (κ1) is 21.5. The van der Waals surface area contributed by atoms with Crippen molar-refractivity contribution in [1.29, 1.82) is 0 Å². The average Bonchev–Trinajstić information content (AvgIpc) is 2.99. The highest BCUT2D eigenvalue weighted by molar-refractivity contribution is 6.22. The van der Waals surface area contributed by atoms with Crippen LogP contribution in [-0.4, -0.2) is 22.6 Å². The predicted octanol–water partition coefficient (Wildman–Crippen LogP) is 4.22. The molecular formula is C23H24N4O5. The van der Waals surface area contributed by atoms with E-state index in [1.165, 1.54) is 19.1 Å². The van der Waals surface area contributed by atoms with E-state index in [2.05, 4.69) is 17.6 Å². The molecule has 2 aromatic rings. The summed E-state index contributed by atoms with van der Waals surface area (Å²) >= 11 is 0. The molecule has 1 heterocycles. The van der Waals surface area contributed by atoms with E-state index in [4.69, 9.17) is 0 Å². The molecule has 0 unspecified atom stereocenters. The van der Waals surface area contributed by atoms with Gasteiger partial charge < -0.3 is 10.6 Å². The number of nitro groups is 1. The van der Waals surface area contributed by atoms with E-state index in [1.54, 1.807) is 30.3 Å². The fourth-order valence-corrected chi connectivity index (χ4v) is 4.56. The van der Waals surface area contributed by atoms with Crippen LogP contribution in [0.25, 0.3) is 0 Å². The second-order valence-electron chi connectivity index (χ2n) is 8.49. The smallest absolute Gasteiger partial charge is 0.294 e. The summed E-state index contributed by atoms with van der Waals surface area (Å²) in [5, 5.41) is 17.4. The number of nitrogens with one attached hydrogen (secondary N) is 2. The van der Waals surface area contributed by atoms with Crippen molar-refractivity contribution in [3.8, 4) is 0 Å². The lowest BCUT2D eigenvalue weighted by atomic mass is 9.76. The molecule has 1 saturated carbocycles. The zero-order valence-corrected chi connectivity index (χ0v) is 17.8. The number of nitro benzene ring substituents is 1. The highest BCUT2D eigenvalue weighted by atomic mass is 16.6. The van der Waals surface area contributed by atoms with Gasteiger partial charge in [-0.15, -0.1) is 0 Å². The van der Waals surface area contributed by atoms with Gasteiger partial charge in [0.25, 0.3) is 5.69 Å². The molecule has 3 atom stereocenters. The van der Waals surface area contributed by atoms with Crippen molar-refractivity contribution in [1.82, 2.24) is 0 Å². The van der Waals surface area contributed by atoms with E-state index >= 15 is 0 Å². The summed E-state index contributed by atoms with van der Waals surface area (Å²) < 4.78 is 0. The summed E-state index contributed by atoms with van der Waals surface area (Å²) in [6, 6.07) is 11.0. The maximum Gasteiger partial charge on any atom is 0.294 e. The molecule has 0 radical (unpaired) electrons. The van der Waals surface area contributed by atoms with Gasteiger partial charge in [0.2, 0.25) is 17.7 Å². The maximum absolute atomic E-state index is 13.0. The minimum atomic E-state index is -0.544. The molecule has 9 nitrogen and oxygen atoms in total. The van der Waals surface area contributed by atoms with Crippen LogP contribution in [0.4, 0.5) is 28.4 Å². The molecule has 2 aromatic carbocycles. The van der Waals surface area contributed by atoms with Gasteiger partial charge in [0.15, 0.2) is 0 Å². The normalized spacial score (nSPS) is 22.4. The zero-order chi connectivity index (χ0) is 23.0. The first-order valence-corrected chi connectivity index (χ1v) is 10.6. The van der Waals surface area contributed by atoms with E-state index in [-0.39, 0.29) is 46.6 Å². The molecule has 9 heteroatoms. The Morgan fingerprint density at radius 1 is 1.03 bits per heavy atom. The fraction of sp³-hybridized carbons (Fsp3) is 0.348. The Bertz CT molecular complexity index is 1100. The summed E-state index contributed by atoms with van der Waals surface area (Å²) in [6.45, 7) is 3.48. The standard InChI is InChI=1S/C23H24N4O5/c1-13-3-9-18-19(11-13)23(30)26(22(18)29)17-8-10-20(21(12-17)27(31)32)25-16-6-4-15(5-7-16)24-14(2)28/h4-8,10,12-13,18-19,25H,3,9,11H2,1-2H3,(H,24,28)/t13-,18-,19-/m1/s1. The van der Waals surface area contributed by atoms with E-state index in [0.29, 0.717) is 30.1 Å². The Kier molecular flexibility index (Phi) is 5.65. The molecule has 0 bridgehead atoms. The Labute approximate surface area is 184 Å². The van der Waals surface area contributed by atoms with Gasteiger partial charge in [0, 0.05) is 24.4 Å². The number of carbonyl (C=O) groups excluding carboxylic acids is 3. The Balaban J connectivity index is 1.60. The molecule has 2 aliphatic rings. The van der Waals surface area contributed by atoms with Crippen molar-refractivity contribution in [3.63, 3.8) is 0 Å². The van der Waals surface area contributed by atoms with Crippen LogP contribution in [0.5, 0.6) is 0 Å². The van der Waals surface area contributed by atoms with Gasteiger partial charge in [-0.2, -0.15) is 0 Å². The van der Waals surface area contributed by atoms with Crippen LogP contribution >= 0.6 is 0 Å². The van der Waals surface area contributed by atoms with Crippen molar-refractivity contribution >= 4 is 46.2 Å². The van der Waals surface area contributed by atoms with Gasteiger partial charge >= 0.3 is 0 Å². The highest BCUT2D eigenvalue weighted by Crippen LogP contribution is 2.43. The lowest BCUT2D eigenvalue weighted by molar-refractivity contribution is -0.383. The third kappa shape index (κ3) is 4.05. The lowest BCUT2D eigenvalue weighted by Crippen LogP contribution is -2.30. The van der Waals surface area contributed by atoms with Crippen molar-refractivity contribution in [2.24, 2.45) is 17.8 Å². The zero-order valence-electron chi connectivity index (χ0n) is 17.8. The van der Waals surface area contributed by atoms with Gasteiger partial charge in [0.05, 0.1) is 22.4 Å². The highest BCUT2D eigenvalue weighted by Gasteiger charge is 2.50. The topological polar surface area (TPSA) is 122 Å². The van der Waals surface area contributed by atoms with Crippen molar-refractivity contribution < 1.29 is 19.3 Å². The Morgan fingerprint density at radius 2 is 1.69 bits per heavy atom. The number of carbonyl (C=O) groups is 3. The Morgan fingerprint density at radius 3 is 2.34 bits per heavy atom. The molecule has 32 heavy (non-hydrogen) atoms. The van der Waals surface area contributed by atoms with E-state index in [1.807, 2.05) is 0 Å². The molecule has 0 spiro atoms. The number of imide groups is 1. The van der Waals surface area contributed by atoms with Crippen molar-refractivity contribution in [2.45, 2.75) is 33.1 Å². The quantitative estimate of drug-likeness (QED) is 0.411. The fourth-order valence-electron chi connectivity index (χ4n) is 4.56. The molecular weight excluding hydrogens is 412 g/mol. The molecule has 1 aliphatic heterocycles. The molecule has 2 fully saturated rings. The van der Waals surface area contributed by atoms with Crippen LogP contribution in [0.1, 0.15) is 33.1 Å². The van der Waals surface area contributed by atoms with Gasteiger partial charge in [-0.3, -0.25) is 24.5 Å². The molecule has 2 N–H and O–H groups in total. The third-order valence-electron chi connectivity index (χ3n) is 6.11. The average molecular weight is 436 g/mol. The summed E-state index contributed by atoms with van der Waals surface area (Å²) in [4.78, 5) is 49.3. The maximum atomic E-state index is 13.0. The molecule has 166 valence electrons. The first-order valence-electron chi connectivity index (χ1n) is 10.6. The van der Waals surface area contributed by atoms with Crippen LogP contribution in [0.3, 0.4) is 0 Å². The van der Waals surface area contributed by atoms with Crippen molar-refractivity contribution in [2.75, 3.05) is 15.5 Å². The molecule has 4 rings (SSSR count). The summed E-state index contributed by atoms with van der Waals surface area (Å²) in [5.41, 5.74) is 1.41. The minimum Gasteiger partial charge on any atom is -0.350 e. The summed E-state index contributed by atoms with van der Waals surface area (Å²) in [7, 11) is 0. The number of fused-ring (bicyclic) bond motifs is 1. The second-order valence-corrected chi connectivity index (χ2v) is 8.49. The van der Waals surface area contributed by atoms with Crippen LogP contribution < -0.4 is 15.5 Å². The number of amides is 3. The predicted molar refractivity (Wildman–Crippen MR) is 120 cm³/mol. The van der Waals surface area contributed by atoms with Gasteiger partial charge in [-0.1, -0.05) is 6.92 Å². The van der Waals surface area contributed by atoms with Crippen LogP contribution in [0, 0.1) is 27.9 Å². The monoisotopic (exact) mass is 436 g/mol. The first-order chi connectivity index (χ1) is 15.2.